The van der Waals surface area contributed by atoms with Crippen LogP contribution in [-0.2, 0) is 0 Å². The molecule has 1 saturated carbocycles. The van der Waals surface area contributed by atoms with Crippen molar-refractivity contribution < 1.29 is 4.74 Å². The predicted molar refractivity (Wildman–Crippen MR) is 113 cm³/mol. The molecule has 1 aliphatic rings. The number of nitrogens with zero attached hydrogens (tertiary/aromatic N) is 3. The highest BCUT2D eigenvalue weighted by molar-refractivity contribution is 5.91. The van der Waals surface area contributed by atoms with Crippen LogP contribution in [0.1, 0.15) is 37.2 Å². The van der Waals surface area contributed by atoms with Crippen molar-refractivity contribution >= 4 is 28.9 Å². The van der Waals surface area contributed by atoms with Crippen molar-refractivity contribution in [2.24, 2.45) is 5.73 Å². The number of fused-ring (bicyclic) bond motifs is 1. The molecule has 4 rings (SSSR count). The average molecular weight is 375 g/mol. The third kappa shape index (κ3) is 4.28. The van der Waals surface area contributed by atoms with E-state index in [1.807, 2.05) is 48.6 Å². The van der Waals surface area contributed by atoms with E-state index >= 15 is 0 Å². The van der Waals surface area contributed by atoms with Crippen molar-refractivity contribution in [3.05, 3.63) is 54.1 Å². The Morgan fingerprint density at radius 2 is 1.93 bits per heavy atom. The molecule has 2 aromatic heterocycles. The number of hydrogen-bond acceptors (Lipinski definition) is 6. The fourth-order valence-corrected chi connectivity index (χ4v) is 3.53. The molecule has 0 spiro atoms. The first kappa shape index (κ1) is 18.4. The third-order valence-electron chi connectivity index (χ3n) is 5.12. The highest BCUT2D eigenvalue weighted by Crippen LogP contribution is 2.28. The van der Waals surface area contributed by atoms with E-state index in [1.165, 1.54) is 0 Å². The van der Waals surface area contributed by atoms with Gasteiger partial charge in [0.2, 0.25) is 0 Å². The van der Waals surface area contributed by atoms with Crippen molar-refractivity contribution in [3.63, 3.8) is 0 Å². The zero-order valence-electron chi connectivity index (χ0n) is 16.0. The second kappa shape index (κ2) is 8.35. The van der Waals surface area contributed by atoms with Gasteiger partial charge in [-0.3, -0.25) is 4.98 Å². The minimum atomic E-state index is 0.317. The van der Waals surface area contributed by atoms with Crippen molar-refractivity contribution in [2.45, 2.75) is 37.8 Å². The van der Waals surface area contributed by atoms with Crippen molar-refractivity contribution in [3.8, 4) is 5.75 Å². The Hall–Kier alpha value is -2.99. The van der Waals surface area contributed by atoms with Crippen molar-refractivity contribution in [1.29, 1.82) is 0 Å². The van der Waals surface area contributed by atoms with Crippen LogP contribution in [0.5, 0.6) is 5.75 Å². The first-order chi connectivity index (χ1) is 13.7. The highest BCUT2D eigenvalue weighted by atomic mass is 16.5. The lowest BCUT2D eigenvalue weighted by Crippen LogP contribution is -2.33. The summed E-state index contributed by atoms with van der Waals surface area (Å²) in [5.74, 6) is 2.28. The van der Waals surface area contributed by atoms with Crippen LogP contribution in [0, 0.1) is 0 Å². The van der Waals surface area contributed by atoms with Crippen LogP contribution >= 0.6 is 0 Å². The Balaban J connectivity index is 1.68. The molecule has 0 bridgehead atoms. The van der Waals surface area contributed by atoms with Crippen LogP contribution in [0.3, 0.4) is 0 Å². The monoisotopic (exact) mass is 375 g/mol. The summed E-state index contributed by atoms with van der Waals surface area (Å²) >= 11 is 0. The molecule has 0 atom stereocenters. The number of ether oxygens (including phenoxy) is 1. The smallest absolute Gasteiger partial charge is 0.155 e. The molecular weight excluding hydrogens is 350 g/mol. The van der Waals surface area contributed by atoms with Gasteiger partial charge >= 0.3 is 0 Å². The minimum Gasteiger partial charge on any atom is -0.497 e. The molecule has 6 heteroatoms. The van der Waals surface area contributed by atoms with Gasteiger partial charge in [0.25, 0.3) is 0 Å². The van der Waals surface area contributed by atoms with Gasteiger partial charge in [-0.25, -0.2) is 9.97 Å². The van der Waals surface area contributed by atoms with E-state index in [0.717, 1.165) is 53.8 Å². The Morgan fingerprint density at radius 3 is 2.68 bits per heavy atom. The number of aromatic nitrogens is 3. The number of nitrogens with two attached hydrogens (primary N) is 1. The summed E-state index contributed by atoms with van der Waals surface area (Å²) in [5, 5.41) is 4.58. The lowest BCUT2D eigenvalue weighted by atomic mass is 9.92. The van der Waals surface area contributed by atoms with Gasteiger partial charge < -0.3 is 15.8 Å². The Bertz CT molecular complexity index is 965. The number of benzene rings is 1. The van der Waals surface area contributed by atoms with E-state index in [4.69, 9.17) is 20.4 Å². The molecule has 1 aromatic carbocycles. The summed E-state index contributed by atoms with van der Waals surface area (Å²) in [4.78, 5) is 13.8. The van der Waals surface area contributed by atoms with Gasteiger partial charge in [0.05, 0.1) is 18.3 Å². The summed E-state index contributed by atoms with van der Waals surface area (Å²) in [6.45, 7) is 0. The molecular formula is C22H25N5O. The molecule has 6 nitrogen and oxygen atoms in total. The SMILES string of the molecule is COc1ccc2nc(/C=C/c3ccccn3)nc(NC3CCC(N)CC3)c2c1. The quantitative estimate of drug-likeness (QED) is 0.704. The maximum absolute atomic E-state index is 6.05. The van der Waals surface area contributed by atoms with Crippen molar-refractivity contribution in [2.75, 3.05) is 12.4 Å². The van der Waals surface area contributed by atoms with E-state index in [-0.39, 0.29) is 0 Å². The Kier molecular flexibility index (Phi) is 5.48. The molecule has 144 valence electrons. The number of rotatable bonds is 5. The number of pyridine rings is 1. The number of anilines is 1. The van der Waals surface area contributed by atoms with Crippen molar-refractivity contribution in [1.82, 2.24) is 15.0 Å². The maximum atomic E-state index is 6.05. The highest BCUT2D eigenvalue weighted by Gasteiger charge is 2.20. The van der Waals surface area contributed by atoms with Gasteiger partial charge in [-0.2, -0.15) is 0 Å². The standard InChI is InChI=1S/C22H25N5O/c1-28-18-10-11-20-19(14-18)22(25-17-7-5-15(23)6-8-17)27-21(26-20)12-9-16-4-2-3-13-24-16/h2-4,9-15,17H,5-8,23H2,1H3,(H,25,26,27)/b12-9+. The fraction of sp³-hybridized carbons (Fsp3) is 0.318. The molecule has 0 aliphatic heterocycles. The Labute approximate surface area is 164 Å². The van der Waals surface area contributed by atoms with Crippen LogP contribution < -0.4 is 15.8 Å². The molecule has 28 heavy (non-hydrogen) atoms. The minimum absolute atomic E-state index is 0.317. The molecule has 3 N–H and O–H groups in total. The van der Waals surface area contributed by atoms with Gasteiger partial charge in [-0.05, 0) is 68.2 Å². The number of methoxy groups -OCH3 is 1. The van der Waals surface area contributed by atoms with E-state index in [1.54, 1.807) is 13.3 Å². The van der Waals surface area contributed by atoms with Crippen LogP contribution in [0.15, 0.2) is 42.6 Å². The summed E-state index contributed by atoms with van der Waals surface area (Å²) in [6.07, 6.45) is 9.77. The molecule has 0 radical (unpaired) electrons. The zero-order chi connectivity index (χ0) is 19.3. The molecule has 1 aliphatic carbocycles. The lowest BCUT2D eigenvalue weighted by Gasteiger charge is -2.27. The summed E-state index contributed by atoms with van der Waals surface area (Å²) in [6, 6.07) is 12.4. The summed E-state index contributed by atoms with van der Waals surface area (Å²) in [7, 11) is 1.67. The first-order valence-corrected chi connectivity index (χ1v) is 9.68. The van der Waals surface area contributed by atoms with Crippen LogP contribution in [-0.4, -0.2) is 34.1 Å². The molecule has 3 aromatic rings. The second-order valence-electron chi connectivity index (χ2n) is 7.16. The molecule has 1 fully saturated rings. The fourth-order valence-electron chi connectivity index (χ4n) is 3.53. The summed E-state index contributed by atoms with van der Waals surface area (Å²) in [5.41, 5.74) is 7.81. The van der Waals surface area contributed by atoms with Gasteiger partial charge in [0.15, 0.2) is 5.82 Å². The van der Waals surface area contributed by atoms with Crippen LogP contribution in [0.4, 0.5) is 5.82 Å². The summed E-state index contributed by atoms with van der Waals surface area (Å²) < 4.78 is 5.39. The number of hydrogen-bond donors (Lipinski definition) is 2. The number of nitrogens with one attached hydrogen (secondary N) is 1. The van der Waals surface area contributed by atoms with Gasteiger partial charge in [0.1, 0.15) is 11.6 Å². The topological polar surface area (TPSA) is 86.0 Å². The predicted octanol–water partition coefficient (Wildman–Crippen LogP) is 3.89. The molecule has 2 heterocycles. The molecule has 0 amide bonds. The van der Waals surface area contributed by atoms with E-state index in [9.17, 15) is 0 Å². The normalized spacial score (nSPS) is 19.8. The average Bonchev–Trinajstić information content (AvgIpc) is 2.74. The van der Waals surface area contributed by atoms with Crippen LogP contribution in [0.25, 0.3) is 23.1 Å². The first-order valence-electron chi connectivity index (χ1n) is 9.68. The van der Waals surface area contributed by atoms with E-state index in [0.29, 0.717) is 17.9 Å². The van der Waals surface area contributed by atoms with Gasteiger partial charge in [-0.15, -0.1) is 0 Å². The largest absolute Gasteiger partial charge is 0.497 e. The maximum Gasteiger partial charge on any atom is 0.155 e. The zero-order valence-corrected chi connectivity index (χ0v) is 16.0. The molecule has 0 saturated heterocycles. The second-order valence-corrected chi connectivity index (χ2v) is 7.16. The molecule has 0 unspecified atom stereocenters. The van der Waals surface area contributed by atoms with E-state index < -0.39 is 0 Å². The van der Waals surface area contributed by atoms with Crippen LogP contribution in [0.2, 0.25) is 0 Å². The third-order valence-corrected chi connectivity index (χ3v) is 5.12. The van der Waals surface area contributed by atoms with Gasteiger partial charge in [0, 0.05) is 23.7 Å². The van der Waals surface area contributed by atoms with Gasteiger partial charge in [-0.1, -0.05) is 6.07 Å². The Morgan fingerprint density at radius 1 is 1.07 bits per heavy atom. The lowest BCUT2D eigenvalue weighted by molar-refractivity contribution is 0.410. The van der Waals surface area contributed by atoms with E-state index in [2.05, 4.69) is 10.3 Å².